The number of hydrogen-bond acceptors (Lipinski definition) is 3. The van der Waals surface area contributed by atoms with E-state index in [1.54, 1.807) is 42.5 Å². The van der Waals surface area contributed by atoms with E-state index in [2.05, 4.69) is 21.2 Å². The lowest BCUT2D eigenvalue weighted by molar-refractivity contribution is 0.0602. The lowest BCUT2D eigenvalue weighted by Crippen LogP contribution is -2.15. The van der Waals surface area contributed by atoms with Crippen molar-refractivity contribution >= 4 is 45.1 Å². The Morgan fingerprint density at radius 3 is 2.43 bits per heavy atom. The molecular weight excluding hydrogens is 358 g/mol. The van der Waals surface area contributed by atoms with E-state index in [4.69, 9.17) is 16.3 Å². The molecule has 6 heteroatoms. The van der Waals surface area contributed by atoms with Gasteiger partial charge in [0.25, 0.3) is 5.91 Å². The largest absolute Gasteiger partial charge is 0.465 e. The van der Waals surface area contributed by atoms with Crippen LogP contribution in [0, 0.1) is 0 Å². The molecule has 0 bridgehead atoms. The number of anilines is 1. The van der Waals surface area contributed by atoms with Crippen molar-refractivity contribution in [3.63, 3.8) is 0 Å². The van der Waals surface area contributed by atoms with Crippen LogP contribution in [0.25, 0.3) is 0 Å². The maximum atomic E-state index is 12.2. The summed E-state index contributed by atoms with van der Waals surface area (Å²) in [6.45, 7) is 0. The fraction of sp³-hybridized carbons (Fsp3) is 0.0667. The maximum absolute atomic E-state index is 12.2. The first-order valence-electron chi connectivity index (χ1n) is 5.96. The average molecular weight is 369 g/mol. The Kier molecular flexibility index (Phi) is 4.98. The molecule has 1 amide bonds. The van der Waals surface area contributed by atoms with Crippen molar-refractivity contribution in [2.24, 2.45) is 0 Å². The molecule has 0 aliphatic rings. The Bertz CT molecular complexity index is 686. The molecule has 108 valence electrons. The van der Waals surface area contributed by atoms with Gasteiger partial charge >= 0.3 is 5.97 Å². The van der Waals surface area contributed by atoms with E-state index in [1.165, 1.54) is 7.11 Å². The number of benzene rings is 2. The third-order valence-corrected chi connectivity index (χ3v) is 3.49. The first-order valence-corrected chi connectivity index (χ1v) is 7.13. The van der Waals surface area contributed by atoms with Crippen LogP contribution in [0.2, 0.25) is 5.02 Å². The van der Waals surface area contributed by atoms with Crippen molar-refractivity contribution in [2.45, 2.75) is 0 Å². The number of halogens is 2. The number of hydrogen-bond donors (Lipinski definition) is 1. The van der Waals surface area contributed by atoms with Crippen LogP contribution in [-0.2, 0) is 4.74 Å². The maximum Gasteiger partial charge on any atom is 0.340 e. The predicted molar refractivity (Wildman–Crippen MR) is 84.9 cm³/mol. The van der Waals surface area contributed by atoms with Crippen LogP contribution in [0.15, 0.2) is 46.9 Å². The molecule has 0 atom stereocenters. The molecule has 0 aromatic heterocycles. The first kappa shape index (κ1) is 15.5. The van der Waals surface area contributed by atoms with Crippen molar-refractivity contribution in [3.05, 3.63) is 63.1 Å². The number of rotatable bonds is 3. The highest BCUT2D eigenvalue weighted by Gasteiger charge is 2.15. The quantitative estimate of drug-likeness (QED) is 0.828. The number of carbonyl (C=O) groups is 2. The molecule has 4 nitrogen and oxygen atoms in total. The van der Waals surface area contributed by atoms with Crippen LogP contribution in [-0.4, -0.2) is 19.0 Å². The lowest BCUT2D eigenvalue weighted by Gasteiger charge is -2.10. The number of carbonyl (C=O) groups excluding carboxylic acids is 2. The van der Waals surface area contributed by atoms with Gasteiger partial charge in [-0.15, -0.1) is 0 Å². The van der Waals surface area contributed by atoms with Crippen LogP contribution < -0.4 is 5.32 Å². The summed E-state index contributed by atoms with van der Waals surface area (Å²) in [5.41, 5.74) is 1.09. The Hall–Kier alpha value is -1.85. The molecule has 0 aliphatic heterocycles. The Morgan fingerprint density at radius 2 is 1.81 bits per heavy atom. The fourth-order valence-corrected chi connectivity index (χ4v) is 2.19. The summed E-state index contributed by atoms with van der Waals surface area (Å²) in [5.74, 6) is -0.859. The summed E-state index contributed by atoms with van der Waals surface area (Å²) >= 11 is 9.06. The van der Waals surface area contributed by atoms with E-state index in [1.807, 2.05) is 0 Å². The van der Waals surface area contributed by atoms with Gasteiger partial charge in [-0.25, -0.2) is 4.79 Å². The van der Waals surface area contributed by atoms with Gasteiger partial charge in [0.05, 0.1) is 18.4 Å². The molecule has 0 saturated carbocycles. The molecule has 0 heterocycles. The SMILES string of the molecule is COC(=O)c1cc(Br)ccc1NC(=O)c1ccc(Cl)cc1. The summed E-state index contributed by atoms with van der Waals surface area (Å²) in [7, 11) is 1.29. The molecule has 0 fully saturated rings. The molecule has 2 rings (SSSR count). The predicted octanol–water partition coefficient (Wildman–Crippen LogP) is 4.14. The van der Waals surface area contributed by atoms with Gasteiger partial charge in [0.2, 0.25) is 0 Å². The molecule has 1 N–H and O–H groups in total. The van der Waals surface area contributed by atoms with Gasteiger partial charge in [0.15, 0.2) is 0 Å². The second-order valence-corrected chi connectivity index (χ2v) is 5.49. The minimum atomic E-state index is -0.525. The second kappa shape index (κ2) is 6.74. The highest BCUT2D eigenvalue weighted by molar-refractivity contribution is 9.10. The summed E-state index contributed by atoms with van der Waals surface area (Å²) in [6.07, 6.45) is 0. The van der Waals surface area contributed by atoms with Crippen molar-refractivity contribution in [1.82, 2.24) is 0 Å². The summed E-state index contributed by atoms with van der Waals surface area (Å²) in [6, 6.07) is 11.4. The average Bonchev–Trinajstić information content (AvgIpc) is 2.48. The Labute approximate surface area is 135 Å². The van der Waals surface area contributed by atoms with Crippen LogP contribution in [0.1, 0.15) is 20.7 Å². The van der Waals surface area contributed by atoms with Crippen LogP contribution in [0.5, 0.6) is 0 Å². The van der Waals surface area contributed by atoms with Gasteiger partial charge < -0.3 is 10.1 Å². The second-order valence-electron chi connectivity index (χ2n) is 4.14. The minimum Gasteiger partial charge on any atom is -0.465 e. The number of amides is 1. The zero-order chi connectivity index (χ0) is 15.4. The topological polar surface area (TPSA) is 55.4 Å². The number of ether oxygens (including phenoxy) is 1. The van der Waals surface area contributed by atoms with Crippen LogP contribution in [0.3, 0.4) is 0 Å². The Balaban J connectivity index is 2.28. The van der Waals surface area contributed by atoms with E-state index in [-0.39, 0.29) is 11.5 Å². The molecular formula is C15H11BrClNO3. The highest BCUT2D eigenvalue weighted by Crippen LogP contribution is 2.22. The molecule has 0 saturated heterocycles. The summed E-state index contributed by atoms with van der Waals surface area (Å²) in [5, 5.41) is 3.23. The van der Waals surface area contributed by atoms with Crippen LogP contribution in [0.4, 0.5) is 5.69 Å². The smallest absolute Gasteiger partial charge is 0.340 e. The summed E-state index contributed by atoms with van der Waals surface area (Å²) in [4.78, 5) is 23.9. The zero-order valence-corrected chi connectivity index (χ0v) is 13.4. The van der Waals surface area contributed by atoms with E-state index < -0.39 is 5.97 Å². The number of nitrogens with one attached hydrogen (secondary N) is 1. The van der Waals surface area contributed by atoms with E-state index >= 15 is 0 Å². The lowest BCUT2D eigenvalue weighted by atomic mass is 10.1. The van der Waals surface area contributed by atoms with Crippen molar-refractivity contribution < 1.29 is 14.3 Å². The van der Waals surface area contributed by atoms with Gasteiger partial charge in [-0.2, -0.15) is 0 Å². The number of methoxy groups -OCH3 is 1. The zero-order valence-electron chi connectivity index (χ0n) is 11.0. The molecule has 21 heavy (non-hydrogen) atoms. The summed E-state index contributed by atoms with van der Waals surface area (Å²) < 4.78 is 5.42. The molecule has 2 aromatic rings. The van der Waals surface area contributed by atoms with Crippen LogP contribution >= 0.6 is 27.5 Å². The van der Waals surface area contributed by atoms with Gasteiger partial charge in [0.1, 0.15) is 0 Å². The number of esters is 1. The monoisotopic (exact) mass is 367 g/mol. The standard InChI is InChI=1S/C15H11BrClNO3/c1-21-15(20)12-8-10(16)4-7-13(12)18-14(19)9-2-5-11(17)6-3-9/h2-8H,1H3,(H,18,19). The normalized spacial score (nSPS) is 10.0. The van der Waals surface area contributed by atoms with E-state index in [0.717, 1.165) is 0 Å². The van der Waals surface area contributed by atoms with Gasteiger partial charge in [0, 0.05) is 15.1 Å². The molecule has 0 unspecified atom stereocenters. The molecule has 2 aromatic carbocycles. The highest BCUT2D eigenvalue weighted by atomic mass is 79.9. The molecule has 0 radical (unpaired) electrons. The third kappa shape index (κ3) is 3.83. The van der Waals surface area contributed by atoms with E-state index in [0.29, 0.717) is 20.7 Å². The molecule has 0 spiro atoms. The fourth-order valence-electron chi connectivity index (χ4n) is 1.70. The minimum absolute atomic E-state index is 0.272. The van der Waals surface area contributed by atoms with Gasteiger partial charge in [-0.1, -0.05) is 27.5 Å². The van der Waals surface area contributed by atoms with Crippen molar-refractivity contribution in [2.75, 3.05) is 12.4 Å². The van der Waals surface area contributed by atoms with Crippen molar-refractivity contribution in [1.29, 1.82) is 0 Å². The van der Waals surface area contributed by atoms with Gasteiger partial charge in [-0.3, -0.25) is 4.79 Å². The first-order chi connectivity index (χ1) is 10.0. The van der Waals surface area contributed by atoms with E-state index in [9.17, 15) is 9.59 Å². The third-order valence-electron chi connectivity index (χ3n) is 2.74. The Morgan fingerprint density at radius 1 is 1.14 bits per heavy atom. The van der Waals surface area contributed by atoms with Gasteiger partial charge in [-0.05, 0) is 42.5 Å². The van der Waals surface area contributed by atoms with Crippen molar-refractivity contribution in [3.8, 4) is 0 Å². The molecule has 0 aliphatic carbocycles.